The molecule has 2 aromatic heterocycles. The number of nitrogen functional groups attached to an aromatic ring is 1. The zero-order chi connectivity index (χ0) is 21.9. The van der Waals surface area contributed by atoms with Crippen LogP contribution in [0.5, 0.6) is 0 Å². The Morgan fingerprint density at radius 3 is 1.97 bits per heavy atom. The number of aromatic nitrogens is 2. The smallest absolute Gasteiger partial charge is 0.341 e. The molecular formula is C20H26N4O5. The van der Waals surface area contributed by atoms with Crippen LogP contribution in [-0.4, -0.2) is 26.1 Å². The molecule has 0 bridgehead atoms. The summed E-state index contributed by atoms with van der Waals surface area (Å²) in [4.78, 5) is 48.9. The second-order valence-electron chi connectivity index (χ2n) is 7.81. The maximum Gasteiger partial charge on any atom is 0.341 e. The first-order valence-corrected chi connectivity index (χ1v) is 9.27. The van der Waals surface area contributed by atoms with Crippen LogP contribution in [0.4, 0.5) is 11.4 Å². The third-order valence-corrected chi connectivity index (χ3v) is 4.06. The number of rotatable bonds is 7. The number of nitrogens with two attached hydrogens (primary N) is 1. The molecule has 156 valence electrons. The number of nitrogens with zero attached hydrogens (tertiary/aromatic N) is 2. The number of aromatic carboxylic acids is 1. The highest BCUT2D eigenvalue weighted by molar-refractivity contribution is 6.04. The van der Waals surface area contributed by atoms with E-state index in [2.05, 4.69) is 5.32 Å². The van der Waals surface area contributed by atoms with Gasteiger partial charge in [-0.05, 0) is 11.8 Å². The van der Waals surface area contributed by atoms with Gasteiger partial charge >= 0.3 is 5.97 Å². The standard InChI is InChI=1S/C20H26N4O5/c1-11(2)5-23-7-13(17(25)15(21)9-23)19(27)22-16-10-24(6-12(3)4)8-14(18(16)26)20(28)29/h7-12H,5-6,21H2,1-4H3,(H,22,27)(H,28,29). The van der Waals surface area contributed by atoms with Crippen molar-refractivity contribution in [2.75, 3.05) is 11.1 Å². The van der Waals surface area contributed by atoms with Crippen molar-refractivity contribution in [1.82, 2.24) is 9.13 Å². The molecule has 0 aliphatic carbocycles. The van der Waals surface area contributed by atoms with Crippen LogP contribution in [0.15, 0.2) is 34.4 Å². The number of hydrogen-bond acceptors (Lipinski definition) is 5. The van der Waals surface area contributed by atoms with E-state index in [1.54, 1.807) is 4.57 Å². The number of carboxylic acid groups (broad SMARTS) is 1. The summed E-state index contributed by atoms with van der Waals surface area (Å²) < 4.78 is 3.17. The Bertz CT molecular complexity index is 1050. The molecule has 0 atom stereocenters. The number of pyridine rings is 2. The van der Waals surface area contributed by atoms with Gasteiger partial charge in [0.05, 0.1) is 5.69 Å². The quantitative estimate of drug-likeness (QED) is 0.646. The summed E-state index contributed by atoms with van der Waals surface area (Å²) in [6.45, 7) is 8.80. The predicted molar refractivity (Wildman–Crippen MR) is 110 cm³/mol. The fraction of sp³-hybridized carbons (Fsp3) is 0.400. The number of amides is 1. The van der Waals surface area contributed by atoms with E-state index in [-0.39, 0.29) is 28.8 Å². The fourth-order valence-electron chi connectivity index (χ4n) is 2.93. The summed E-state index contributed by atoms with van der Waals surface area (Å²) in [5.41, 5.74) is 3.27. The van der Waals surface area contributed by atoms with Crippen LogP contribution < -0.4 is 21.9 Å². The van der Waals surface area contributed by atoms with Gasteiger partial charge in [-0.1, -0.05) is 27.7 Å². The molecule has 2 heterocycles. The van der Waals surface area contributed by atoms with Gasteiger partial charge in [0.25, 0.3) is 5.91 Å². The van der Waals surface area contributed by atoms with E-state index >= 15 is 0 Å². The molecule has 0 radical (unpaired) electrons. The molecule has 4 N–H and O–H groups in total. The van der Waals surface area contributed by atoms with Crippen LogP contribution in [0.25, 0.3) is 0 Å². The van der Waals surface area contributed by atoms with E-state index in [0.29, 0.717) is 13.1 Å². The molecule has 0 aliphatic rings. The zero-order valence-corrected chi connectivity index (χ0v) is 16.9. The Balaban J connectivity index is 2.48. The third kappa shape index (κ3) is 5.34. The average molecular weight is 402 g/mol. The molecule has 0 fully saturated rings. The number of carboxylic acids is 1. The fourth-order valence-corrected chi connectivity index (χ4v) is 2.93. The Labute approximate surface area is 167 Å². The predicted octanol–water partition coefficient (Wildman–Crippen LogP) is 1.85. The molecule has 1 amide bonds. The molecule has 29 heavy (non-hydrogen) atoms. The zero-order valence-electron chi connectivity index (χ0n) is 16.9. The van der Waals surface area contributed by atoms with Crippen molar-refractivity contribution in [2.45, 2.75) is 40.8 Å². The SMILES string of the molecule is CC(C)Cn1cc(N)c(=O)c(C(=O)Nc2cn(CC(C)C)cc(C(=O)O)c2=O)c1. The van der Waals surface area contributed by atoms with E-state index in [9.17, 15) is 24.3 Å². The van der Waals surface area contributed by atoms with Crippen LogP contribution in [0.1, 0.15) is 48.4 Å². The van der Waals surface area contributed by atoms with Crippen LogP contribution in [-0.2, 0) is 13.1 Å². The van der Waals surface area contributed by atoms with Crippen LogP contribution in [0, 0.1) is 11.8 Å². The number of carbonyl (C=O) groups excluding carboxylic acids is 1. The molecule has 0 aromatic carbocycles. The van der Waals surface area contributed by atoms with Crippen molar-refractivity contribution in [3.63, 3.8) is 0 Å². The van der Waals surface area contributed by atoms with Crippen molar-refractivity contribution in [1.29, 1.82) is 0 Å². The number of nitrogens with one attached hydrogen (secondary N) is 1. The topological polar surface area (TPSA) is 136 Å². The summed E-state index contributed by atoms with van der Waals surface area (Å²) in [6, 6.07) is 0. The highest BCUT2D eigenvalue weighted by atomic mass is 16.4. The maximum atomic E-state index is 12.7. The monoisotopic (exact) mass is 402 g/mol. The minimum atomic E-state index is -1.40. The van der Waals surface area contributed by atoms with Crippen molar-refractivity contribution in [2.24, 2.45) is 11.8 Å². The first-order valence-electron chi connectivity index (χ1n) is 9.27. The molecule has 9 nitrogen and oxygen atoms in total. The molecule has 0 unspecified atom stereocenters. The molecular weight excluding hydrogens is 376 g/mol. The lowest BCUT2D eigenvalue weighted by Crippen LogP contribution is -2.29. The summed E-state index contributed by atoms with van der Waals surface area (Å²) in [7, 11) is 0. The maximum absolute atomic E-state index is 12.7. The van der Waals surface area contributed by atoms with Crippen molar-refractivity contribution in [3.8, 4) is 0 Å². The van der Waals surface area contributed by atoms with E-state index in [1.807, 2.05) is 27.7 Å². The van der Waals surface area contributed by atoms with Gasteiger partial charge in [-0.2, -0.15) is 0 Å². The third-order valence-electron chi connectivity index (χ3n) is 4.06. The molecule has 0 saturated heterocycles. The van der Waals surface area contributed by atoms with Crippen LogP contribution >= 0.6 is 0 Å². The second-order valence-corrected chi connectivity index (χ2v) is 7.81. The van der Waals surface area contributed by atoms with E-state index in [4.69, 9.17) is 5.73 Å². The number of hydrogen-bond donors (Lipinski definition) is 3. The van der Waals surface area contributed by atoms with Gasteiger partial charge in [0, 0.05) is 37.9 Å². The minimum Gasteiger partial charge on any atom is -0.477 e. The van der Waals surface area contributed by atoms with Gasteiger partial charge in [-0.15, -0.1) is 0 Å². The van der Waals surface area contributed by atoms with Gasteiger partial charge in [0.1, 0.15) is 16.8 Å². The number of carbonyl (C=O) groups is 2. The summed E-state index contributed by atoms with van der Waals surface area (Å²) in [5, 5.41) is 11.7. The van der Waals surface area contributed by atoms with Gasteiger partial charge < -0.3 is 25.3 Å². The average Bonchev–Trinajstić information content (AvgIpc) is 2.59. The minimum absolute atomic E-state index is 0.0881. The largest absolute Gasteiger partial charge is 0.477 e. The highest BCUT2D eigenvalue weighted by Crippen LogP contribution is 2.10. The van der Waals surface area contributed by atoms with E-state index in [0.717, 1.165) is 0 Å². The second kappa shape index (κ2) is 8.76. The molecule has 0 aliphatic heterocycles. The lowest BCUT2D eigenvalue weighted by molar-refractivity contribution is 0.0694. The lowest BCUT2D eigenvalue weighted by atomic mass is 10.1. The first-order chi connectivity index (χ1) is 13.5. The Hall–Kier alpha value is -3.36. The molecule has 9 heteroatoms. The van der Waals surface area contributed by atoms with E-state index < -0.39 is 28.3 Å². The highest BCUT2D eigenvalue weighted by Gasteiger charge is 2.19. The lowest BCUT2D eigenvalue weighted by Gasteiger charge is -2.14. The summed E-state index contributed by atoms with van der Waals surface area (Å²) in [6.07, 6.45) is 5.43. The van der Waals surface area contributed by atoms with Crippen molar-refractivity contribution >= 4 is 23.3 Å². The normalized spacial score (nSPS) is 11.1. The summed E-state index contributed by atoms with van der Waals surface area (Å²) >= 11 is 0. The van der Waals surface area contributed by atoms with Gasteiger partial charge in [0.15, 0.2) is 0 Å². The molecule has 2 rings (SSSR count). The molecule has 2 aromatic rings. The van der Waals surface area contributed by atoms with Crippen molar-refractivity contribution in [3.05, 3.63) is 56.4 Å². The van der Waals surface area contributed by atoms with Gasteiger partial charge in [-0.25, -0.2) is 4.79 Å². The van der Waals surface area contributed by atoms with Gasteiger partial charge in [0.2, 0.25) is 10.9 Å². The van der Waals surface area contributed by atoms with Crippen LogP contribution in [0.3, 0.4) is 0 Å². The molecule has 0 saturated carbocycles. The summed E-state index contributed by atoms with van der Waals surface area (Å²) in [5.74, 6) is -1.79. The molecule has 0 spiro atoms. The Morgan fingerprint density at radius 1 is 0.931 bits per heavy atom. The van der Waals surface area contributed by atoms with Crippen LogP contribution in [0.2, 0.25) is 0 Å². The number of anilines is 2. The Kier molecular flexibility index (Phi) is 6.63. The van der Waals surface area contributed by atoms with Crippen molar-refractivity contribution < 1.29 is 14.7 Å². The van der Waals surface area contributed by atoms with Gasteiger partial charge in [-0.3, -0.25) is 14.4 Å². The first kappa shape index (κ1) is 21.9. The van der Waals surface area contributed by atoms with E-state index in [1.165, 1.54) is 29.4 Å². The Morgan fingerprint density at radius 2 is 1.45 bits per heavy atom.